The fourth-order valence-corrected chi connectivity index (χ4v) is 7.90. The van der Waals surface area contributed by atoms with Gasteiger partial charge in [0.1, 0.15) is 11.6 Å². The molecule has 0 aliphatic carbocycles. The zero-order valence-electron chi connectivity index (χ0n) is 64.8. The van der Waals surface area contributed by atoms with Gasteiger partial charge in [0.15, 0.2) is 0 Å². The third kappa shape index (κ3) is 9.63. The number of benzene rings is 6. The van der Waals surface area contributed by atoms with Gasteiger partial charge in [0.05, 0.1) is 22.3 Å². The Bertz CT molecular complexity index is 4000. The van der Waals surface area contributed by atoms with E-state index in [4.69, 9.17) is 43.4 Å². The van der Waals surface area contributed by atoms with Crippen LogP contribution in [0.2, 0.25) is 0 Å². The van der Waals surface area contributed by atoms with E-state index in [1.807, 2.05) is 26.8 Å². The van der Waals surface area contributed by atoms with E-state index in [0.717, 1.165) is 12.1 Å². The normalized spacial score (nSPS) is 20.6. The standard InChI is InChI=1S/C61H66N3O.Pt/c1-38(2)41-25-28-53(49(34-41)40-19-16-15-17-20-40)64-54-22-18-21-48(55(54)63-57(64)50-36-47(60(9,10)11)37-51(56(50)65)61(12,13)14)43-31-44(33-46(32-43)59(6,7)8)52-35-42(29-30-62-52)39-23-26-45(27-24-39)58(3,4)5;/h15-30,32-38,65H,1-14H3;/q-1;/i3D3,4D3,5D3,9D3,10D3,11D3,12D3,13D3,14D3,38D;. The summed E-state index contributed by atoms with van der Waals surface area (Å²) in [5, 5.41) is 13.1. The van der Waals surface area contributed by atoms with Gasteiger partial charge in [-0.2, -0.15) is 0 Å². The Morgan fingerprint density at radius 2 is 1.26 bits per heavy atom. The summed E-state index contributed by atoms with van der Waals surface area (Å²) in [4.78, 5) is 9.80. The van der Waals surface area contributed by atoms with E-state index in [2.05, 4.69) is 11.1 Å². The number of nitrogens with zero attached hydrogens (tertiary/aromatic N) is 3. The predicted octanol–water partition coefficient (Wildman–Crippen LogP) is 16.6. The van der Waals surface area contributed by atoms with E-state index in [1.165, 1.54) is 22.9 Å². The Labute approximate surface area is 448 Å². The molecule has 2 heterocycles. The number of hydrogen-bond donors (Lipinski definition) is 1. The summed E-state index contributed by atoms with van der Waals surface area (Å²) in [5.41, 5.74) is -12.1. The van der Waals surface area contributed by atoms with Gasteiger partial charge in [-0.05, 0) is 91.3 Å². The minimum absolute atomic E-state index is 0. The predicted molar refractivity (Wildman–Crippen MR) is 275 cm³/mol. The molecule has 1 N–H and O–H groups in total. The number of imidazole rings is 1. The Morgan fingerprint density at radius 3 is 1.92 bits per heavy atom. The van der Waals surface area contributed by atoms with Gasteiger partial charge < -0.3 is 5.11 Å². The topological polar surface area (TPSA) is 50.9 Å². The quantitative estimate of drug-likeness (QED) is 0.162. The minimum Gasteiger partial charge on any atom is -0.507 e. The van der Waals surface area contributed by atoms with Gasteiger partial charge in [-0.25, -0.2) is 4.98 Å². The number of para-hydroxylation sites is 1. The zero-order valence-corrected chi connectivity index (χ0v) is 39.1. The first kappa shape index (κ1) is 23.9. The number of fused-ring (bicyclic) bond motifs is 1. The van der Waals surface area contributed by atoms with Gasteiger partial charge in [0.2, 0.25) is 0 Å². The largest absolute Gasteiger partial charge is 0.507 e. The summed E-state index contributed by atoms with van der Waals surface area (Å²) in [6.07, 6.45) is 1.47. The second kappa shape index (κ2) is 17.9. The molecule has 66 heavy (non-hydrogen) atoms. The average molecular weight is 1080 g/mol. The smallest absolute Gasteiger partial charge is 0.148 e. The molecule has 0 radical (unpaired) electrons. The van der Waals surface area contributed by atoms with E-state index in [9.17, 15) is 5.11 Å². The molecule has 0 unspecified atom stereocenters. The van der Waals surface area contributed by atoms with Crippen LogP contribution in [-0.4, -0.2) is 19.6 Å². The van der Waals surface area contributed by atoms with Gasteiger partial charge in [-0.3, -0.25) is 9.55 Å². The maximum atomic E-state index is 13.1. The molecule has 6 aromatic carbocycles. The fourth-order valence-electron chi connectivity index (χ4n) is 7.90. The van der Waals surface area contributed by atoms with E-state index >= 15 is 0 Å². The van der Waals surface area contributed by atoms with Crippen molar-refractivity contribution in [2.24, 2.45) is 0 Å². The molecule has 8 aromatic rings. The third-order valence-electron chi connectivity index (χ3n) is 11.5. The van der Waals surface area contributed by atoms with E-state index in [1.54, 1.807) is 98.8 Å². The molecule has 0 saturated heterocycles. The third-order valence-corrected chi connectivity index (χ3v) is 11.5. The first-order chi connectivity index (χ1) is 42.0. The van der Waals surface area contributed by atoms with Gasteiger partial charge in [-0.15, -0.1) is 29.3 Å². The van der Waals surface area contributed by atoms with Crippen molar-refractivity contribution in [3.05, 3.63) is 167 Å². The fraction of sp³-hybridized carbons (Fsp3) is 0.311. The van der Waals surface area contributed by atoms with Crippen molar-refractivity contribution in [1.82, 2.24) is 14.5 Å². The maximum Gasteiger partial charge on any atom is 0.148 e. The van der Waals surface area contributed by atoms with Crippen molar-refractivity contribution in [2.45, 2.75) is 124 Å². The van der Waals surface area contributed by atoms with Crippen LogP contribution >= 0.6 is 0 Å². The summed E-state index contributed by atoms with van der Waals surface area (Å²) in [6.45, 7) is -26.5. The number of pyridine rings is 1. The molecule has 0 spiro atoms. The van der Waals surface area contributed by atoms with Crippen molar-refractivity contribution >= 4 is 11.0 Å². The molecule has 4 nitrogen and oxygen atoms in total. The molecular formula is C61H66N3OPt-. The van der Waals surface area contributed by atoms with Crippen LogP contribution in [0, 0.1) is 6.07 Å². The molecular weight excluding hydrogens is 986 g/mol. The monoisotopic (exact) mass is 1080 g/mol. The van der Waals surface area contributed by atoms with Crippen LogP contribution in [0.5, 0.6) is 5.75 Å². The van der Waals surface area contributed by atoms with Crippen LogP contribution in [0.15, 0.2) is 134 Å². The van der Waals surface area contributed by atoms with Crippen molar-refractivity contribution in [2.75, 3.05) is 0 Å². The van der Waals surface area contributed by atoms with Crippen LogP contribution < -0.4 is 0 Å². The Morgan fingerprint density at radius 1 is 0.591 bits per heavy atom. The molecule has 342 valence electrons. The molecule has 0 atom stereocenters. The number of phenolic OH excluding ortho intramolecular Hbond substituents is 1. The molecule has 0 aliphatic rings. The Kier molecular flexibility index (Phi) is 6.50. The molecule has 0 aliphatic heterocycles. The molecule has 5 heteroatoms. The van der Waals surface area contributed by atoms with Crippen molar-refractivity contribution in [3.8, 4) is 67.5 Å². The molecule has 0 fully saturated rings. The Hall–Kier alpha value is -5.57. The van der Waals surface area contributed by atoms with Crippen LogP contribution in [0.25, 0.3) is 72.7 Å². The number of aromatic hydroxyl groups is 1. The SMILES string of the molecule is [2H]C(C)(C)c1ccc(-n2c(-c3cc(C(C([2H])([2H])[2H])(C([2H])([2H])[2H])C([2H])([2H])[2H])cc(C(C([2H])([2H])[2H])(C([2H])([2H])[2H])C([2H])([2H])[2H])c3O)nc3c(-c4[c-]c(-c5cc(-c6ccc(C(C([2H])([2H])[2H])(C([2H])([2H])[2H])C([2H])([2H])[2H])cc6)ccn5)cc(C(C)(C)C)c4)cccc32)c(-c2ccccc2)c1.[Pt]. The van der Waals surface area contributed by atoms with E-state index in [0.29, 0.717) is 56.3 Å². The van der Waals surface area contributed by atoms with Crippen LogP contribution in [0.3, 0.4) is 0 Å². The maximum absolute atomic E-state index is 13.1. The Balaban J connectivity index is 0.0000125. The van der Waals surface area contributed by atoms with Crippen molar-refractivity contribution < 1.29 is 64.6 Å². The second-order valence-electron chi connectivity index (χ2n) is 17.7. The van der Waals surface area contributed by atoms with E-state index in [-0.39, 0.29) is 49.4 Å². The molecule has 0 saturated carbocycles. The minimum atomic E-state index is -4.23. The number of aromatic nitrogens is 3. The van der Waals surface area contributed by atoms with Crippen molar-refractivity contribution in [1.29, 1.82) is 0 Å². The van der Waals surface area contributed by atoms with Gasteiger partial charge in [0.25, 0.3) is 0 Å². The molecule has 0 amide bonds. The first-order valence-corrected chi connectivity index (χ1v) is 20.8. The second-order valence-corrected chi connectivity index (χ2v) is 17.7. The van der Waals surface area contributed by atoms with Gasteiger partial charge in [-0.1, -0.05) is 192 Å². The van der Waals surface area contributed by atoms with Crippen LogP contribution in [0.4, 0.5) is 0 Å². The molecule has 8 rings (SSSR count). The van der Waals surface area contributed by atoms with Crippen LogP contribution in [0.1, 0.15) is 168 Å². The number of hydrogen-bond acceptors (Lipinski definition) is 3. The van der Waals surface area contributed by atoms with Crippen LogP contribution in [-0.2, 0) is 42.7 Å². The summed E-state index contributed by atoms with van der Waals surface area (Å²) >= 11 is 0. The van der Waals surface area contributed by atoms with Gasteiger partial charge in [0, 0.05) is 82.5 Å². The molecule has 0 bridgehead atoms. The first-order valence-electron chi connectivity index (χ1n) is 34.8. The molecule has 2 aromatic heterocycles. The van der Waals surface area contributed by atoms with E-state index < -0.39 is 123 Å². The van der Waals surface area contributed by atoms with Crippen molar-refractivity contribution in [3.63, 3.8) is 0 Å². The summed E-state index contributed by atoms with van der Waals surface area (Å²) in [6, 6.07) is 34.5. The van der Waals surface area contributed by atoms with Gasteiger partial charge >= 0.3 is 0 Å². The summed E-state index contributed by atoms with van der Waals surface area (Å²) in [7, 11) is 0. The zero-order chi connectivity index (χ0) is 70.2. The number of rotatable bonds is 7. The summed E-state index contributed by atoms with van der Waals surface area (Å²) in [5.74, 6) is -3.28. The summed E-state index contributed by atoms with van der Waals surface area (Å²) < 4.78 is 243. The average Bonchev–Trinajstić information content (AvgIpc) is 0.785. The number of phenols is 1.